The van der Waals surface area contributed by atoms with Gasteiger partial charge in [0.05, 0.1) is 37.7 Å². The standard InChI is InChI=1S/C20H19N3O3/c1-25-14-8-13(9-15(10-14)26-2)23-11-18(24)19(20(23)21)17-7-12-5-3-4-6-16(12)22-17/h3-10,21-22,24H,11H2,1-2H3. The van der Waals surface area contributed by atoms with E-state index in [1.165, 1.54) is 0 Å². The molecule has 132 valence electrons. The van der Waals surface area contributed by atoms with Crippen molar-refractivity contribution in [3.05, 3.63) is 60.0 Å². The number of nitrogens with zero attached hydrogens (tertiary/aromatic N) is 1. The van der Waals surface area contributed by atoms with Gasteiger partial charge in [0.25, 0.3) is 0 Å². The quantitative estimate of drug-likeness (QED) is 0.666. The Kier molecular flexibility index (Phi) is 3.80. The molecule has 6 nitrogen and oxygen atoms in total. The molecule has 0 spiro atoms. The van der Waals surface area contributed by atoms with Gasteiger partial charge in [0, 0.05) is 29.1 Å². The SMILES string of the molecule is COc1cc(OC)cc(N2CC(O)=C(c3cc4ccccc4[nH]3)C2=N)c1. The second-order valence-corrected chi connectivity index (χ2v) is 6.10. The van der Waals surface area contributed by atoms with Gasteiger partial charge in [-0.1, -0.05) is 18.2 Å². The van der Waals surface area contributed by atoms with Crippen molar-refractivity contribution in [1.82, 2.24) is 4.98 Å². The highest BCUT2D eigenvalue weighted by molar-refractivity contribution is 6.31. The molecule has 0 saturated heterocycles. The molecule has 3 N–H and O–H groups in total. The number of aromatic amines is 1. The molecule has 0 amide bonds. The van der Waals surface area contributed by atoms with Gasteiger partial charge in [-0.2, -0.15) is 0 Å². The molecule has 0 atom stereocenters. The Labute approximate surface area is 150 Å². The van der Waals surface area contributed by atoms with Crippen molar-refractivity contribution in [2.24, 2.45) is 0 Å². The summed E-state index contributed by atoms with van der Waals surface area (Å²) in [5.74, 6) is 1.64. The van der Waals surface area contributed by atoms with Crippen molar-refractivity contribution in [1.29, 1.82) is 5.41 Å². The van der Waals surface area contributed by atoms with Crippen molar-refractivity contribution in [3.8, 4) is 11.5 Å². The Hall–Kier alpha value is -3.41. The molecular weight excluding hydrogens is 330 g/mol. The number of aliphatic hydroxyl groups excluding tert-OH is 1. The summed E-state index contributed by atoms with van der Waals surface area (Å²) in [7, 11) is 3.17. The van der Waals surface area contributed by atoms with E-state index in [0.717, 1.165) is 22.3 Å². The van der Waals surface area contributed by atoms with Gasteiger partial charge in [-0.15, -0.1) is 0 Å². The van der Waals surface area contributed by atoms with E-state index in [-0.39, 0.29) is 18.1 Å². The molecule has 2 aromatic carbocycles. The average molecular weight is 349 g/mol. The number of aromatic nitrogens is 1. The van der Waals surface area contributed by atoms with Gasteiger partial charge in [-0.05, 0) is 12.1 Å². The molecule has 1 aliphatic heterocycles. The second-order valence-electron chi connectivity index (χ2n) is 6.10. The smallest absolute Gasteiger partial charge is 0.138 e. The van der Waals surface area contributed by atoms with Gasteiger partial charge in [0.1, 0.15) is 23.1 Å². The molecule has 0 fully saturated rings. The molecular formula is C20H19N3O3. The molecule has 2 heterocycles. The van der Waals surface area contributed by atoms with Crippen LogP contribution < -0.4 is 14.4 Å². The van der Waals surface area contributed by atoms with Crippen molar-refractivity contribution in [2.75, 3.05) is 25.7 Å². The van der Waals surface area contributed by atoms with Gasteiger partial charge < -0.3 is 24.5 Å². The largest absolute Gasteiger partial charge is 0.510 e. The zero-order valence-corrected chi connectivity index (χ0v) is 14.5. The first-order valence-electron chi connectivity index (χ1n) is 8.20. The molecule has 0 saturated carbocycles. The van der Waals surface area contributed by atoms with Crippen LogP contribution in [0.3, 0.4) is 0 Å². The van der Waals surface area contributed by atoms with E-state index in [4.69, 9.17) is 14.9 Å². The lowest BCUT2D eigenvalue weighted by atomic mass is 10.1. The van der Waals surface area contributed by atoms with Crippen LogP contribution in [0, 0.1) is 5.41 Å². The van der Waals surface area contributed by atoms with Gasteiger partial charge in [0.2, 0.25) is 0 Å². The highest BCUT2D eigenvalue weighted by Gasteiger charge is 2.30. The van der Waals surface area contributed by atoms with Gasteiger partial charge in [-0.3, -0.25) is 5.41 Å². The van der Waals surface area contributed by atoms with E-state index in [1.54, 1.807) is 25.2 Å². The molecule has 1 aliphatic rings. The van der Waals surface area contributed by atoms with Crippen LogP contribution >= 0.6 is 0 Å². The summed E-state index contributed by atoms with van der Waals surface area (Å²) in [6, 6.07) is 15.2. The summed E-state index contributed by atoms with van der Waals surface area (Å²) >= 11 is 0. The Morgan fingerprint density at radius 1 is 1.04 bits per heavy atom. The fourth-order valence-corrected chi connectivity index (χ4v) is 3.24. The van der Waals surface area contributed by atoms with E-state index in [9.17, 15) is 5.11 Å². The number of amidine groups is 1. The predicted octanol–water partition coefficient (Wildman–Crippen LogP) is 3.95. The monoisotopic (exact) mass is 349 g/mol. The summed E-state index contributed by atoms with van der Waals surface area (Å²) in [5.41, 5.74) is 2.93. The van der Waals surface area contributed by atoms with Crippen molar-refractivity contribution >= 4 is 28.0 Å². The predicted molar refractivity (Wildman–Crippen MR) is 102 cm³/mol. The third-order valence-corrected chi connectivity index (χ3v) is 4.55. The molecule has 26 heavy (non-hydrogen) atoms. The van der Waals surface area contributed by atoms with Crippen LogP contribution in [-0.4, -0.2) is 36.7 Å². The fraction of sp³-hybridized carbons (Fsp3) is 0.150. The lowest BCUT2D eigenvalue weighted by molar-refractivity contribution is 0.394. The van der Waals surface area contributed by atoms with Crippen LogP contribution in [-0.2, 0) is 0 Å². The lowest BCUT2D eigenvalue weighted by Crippen LogP contribution is -2.26. The lowest BCUT2D eigenvalue weighted by Gasteiger charge is -2.20. The number of H-pyrrole nitrogens is 1. The Balaban J connectivity index is 1.72. The third-order valence-electron chi connectivity index (χ3n) is 4.55. The van der Waals surface area contributed by atoms with E-state index in [0.29, 0.717) is 17.1 Å². The highest BCUT2D eigenvalue weighted by atomic mass is 16.5. The number of fused-ring (bicyclic) bond motifs is 1. The first-order chi connectivity index (χ1) is 12.6. The number of methoxy groups -OCH3 is 2. The number of aliphatic hydroxyl groups is 1. The van der Waals surface area contributed by atoms with Crippen LogP contribution in [0.2, 0.25) is 0 Å². The van der Waals surface area contributed by atoms with Crippen LogP contribution in [0.5, 0.6) is 11.5 Å². The van der Waals surface area contributed by atoms with Crippen molar-refractivity contribution in [3.63, 3.8) is 0 Å². The molecule has 6 heteroatoms. The average Bonchev–Trinajstić information content (AvgIpc) is 3.21. The number of nitrogens with one attached hydrogen (secondary N) is 2. The topological polar surface area (TPSA) is 81.6 Å². The molecule has 0 bridgehead atoms. The Morgan fingerprint density at radius 3 is 2.38 bits per heavy atom. The normalized spacial score (nSPS) is 14.4. The number of ether oxygens (including phenoxy) is 2. The number of para-hydroxylation sites is 1. The molecule has 1 aromatic heterocycles. The summed E-state index contributed by atoms with van der Waals surface area (Å²) in [5, 5.41) is 20.2. The van der Waals surface area contributed by atoms with Crippen LogP contribution in [0.1, 0.15) is 5.69 Å². The van der Waals surface area contributed by atoms with Crippen molar-refractivity contribution in [2.45, 2.75) is 0 Å². The second kappa shape index (κ2) is 6.15. The minimum atomic E-state index is 0.156. The molecule has 0 unspecified atom stereocenters. The van der Waals surface area contributed by atoms with Gasteiger partial charge in [0.15, 0.2) is 0 Å². The number of benzene rings is 2. The van der Waals surface area contributed by atoms with Gasteiger partial charge >= 0.3 is 0 Å². The van der Waals surface area contributed by atoms with E-state index in [1.807, 2.05) is 42.5 Å². The maximum absolute atomic E-state index is 10.5. The number of rotatable bonds is 4. The zero-order valence-electron chi connectivity index (χ0n) is 14.5. The highest BCUT2D eigenvalue weighted by Crippen LogP contribution is 2.35. The summed E-state index contributed by atoms with van der Waals surface area (Å²) < 4.78 is 10.6. The van der Waals surface area contributed by atoms with Gasteiger partial charge in [-0.25, -0.2) is 0 Å². The molecule has 3 aromatic rings. The number of anilines is 1. The first-order valence-corrected chi connectivity index (χ1v) is 8.20. The van der Waals surface area contributed by atoms with Crippen LogP contribution in [0.25, 0.3) is 16.5 Å². The maximum atomic E-state index is 10.5. The minimum absolute atomic E-state index is 0.156. The molecule has 0 aliphatic carbocycles. The third kappa shape index (κ3) is 2.56. The summed E-state index contributed by atoms with van der Waals surface area (Å²) in [4.78, 5) is 5.00. The minimum Gasteiger partial charge on any atom is -0.510 e. The Bertz CT molecular complexity index is 980. The number of hydrogen-bond donors (Lipinski definition) is 3. The first kappa shape index (κ1) is 16.1. The van der Waals surface area contributed by atoms with E-state index in [2.05, 4.69) is 4.98 Å². The van der Waals surface area contributed by atoms with Crippen LogP contribution in [0.15, 0.2) is 54.3 Å². The van der Waals surface area contributed by atoms with Crippen LogP contribution in [0.4, 0.5) is 5.69 Å². The zero-order chi connectivity index (χ0) is 18.3. The molecule has 0 radical (unpaired) electrons. The molecule has 4 rings (SSSR count). The summed E-state index contributed by atoms with van der Waals surface area (Å²) in [6.45, 7) is 0.222. The Morgan fingerprint density at radius 2 is 1.73 bits per heavy atom. The maximum Gasteiger partial charge on any atom is 0.138 e. The van der Waals surface area contributed by atoms with E-state index >= 15 is 0 Å². The van der Waals surface area contributed by atoms with Crippen molar-refractivity contribution < 1.29 is 14.6 Å². The number of hydrogen-bond acceptors (Lipinski definition) is 4. The fourth-order valence-electron chi connectivity index (χ4n) is 3.24. The van der Waals surface area contributed by atoms with E-state index < -0.39 is 0 Å². The summed E-state index contributed by atoms with van der Waals surface area (Å²) in [6.07, 6.45) is 0.